The summed E-state index contributed by atoms with van der Waals surface area (Å²) in [6, 6.07) is 8.64. The van der Waals surface area contributed by atoms with Gasteiger partial charge in [-0.2, -0.15) is 0 Å². The number of Topliss-reactive ketones (excluding diaryl/α,β-unsaturated/α-hetero) is 1. The summed E-state index contributed by atoms with van der Waals surface area (Å²) in [5.41, 5.74) is 3.30. The van der Waals surface area contributed by atoms with E-state index in [0.717, 1.165) is 29.7 Å². The molecular formula is C23H27N3O3. The molecule has 1 aliphatic rings. The smallest absolute Gasteiger partial charge is 0.295 e. The first-order valence-electron chi connectivity index (χ1n) is 9.72. The molecule has 1 aromatic carbocycles. The molecule has 0 bridgehead atoms. The van der Waals surface area contributed by atoms with Crippen LogP contribution < -0.4 is 0 Å². The number of aromatic nitrogens is 1. The molecule has 0 unspecified atom stereocenters. The van der Waals surface area contributed by atoms with Crippen LogP contribution in [0.15, 0.2) is 48.3 Å². The van der Waals surface area contributed by atoms with Crippen molar-refractivity contribution in [3.8, 4) is 0 Å². The second-order valence-electron chi connectivity index (χ2n) is 7.75. The highest BCUT2D eigenvalue weighted by Crippen LogP contribution is 2.39. The maximum atomic E-state index is 13.0. The van der Waals surface area contributed by atoms with Gasteiger partial charge in [0.1, 0.15) is 5.76 Å². The maximum Gasteiger partial charge on any atom is 0.295 e. The van der Waals surface area contributed by atoms with E-state index >= 15 is 0 Å². The summed E-state index contributed by atoms with van der Waals surface area (Å²) in [6.07, 6.45) is 3.99. The summed E-state index contributed by atoms with van der Waals surface area (Å²) in [5.74, 6) is -1.34. The second-order valence-corrected chi connectivity index (χ2v) is 7.75. The van der Waals surface area contributed by atoms with E-state index in [1.807, 2.05) is 51.0 Å². The number of carbonyl (C=O) groups excluding carboxylic acids is 2. The molecule has 1 aromatic heterocycles. The van der Waals surface area contributed by atoms with Gasteiger partial charge in [-0.3, -0.25) is 14.6 Å². The van der Waals surface area contributed by atoms with Crippen LogP contribution in [0.4, 0.5) is 0 Å². The third kappa shape index (κ3) is 4.22. The van der Waals surface area contributed by atoms with Crippen molar-refractivity contribution in [3.63, 3.8) is 0 Å². The third-order valence-electron chi connectivity index (χ3n) is 5.21. The number of hydrogen-bond donors (Lipinski definition) is 1. The van der Waals surface area contributed by atoms with E-state index in [-0.39, 0.29) is 11.3 Å². The van der Waals surface area contributed by atoms with Crippen molar-refractivity contribution in [2.24, 2.45) is 0 Å². The zero-order chi connectivity index (χ0) is 21.1. The average Bonchev–Trinajstić information content (AvgIpc) is 2.94. The minimum absolute atomic E-state index is 0.124. The Labute approximate surface area is 171 Å². The van der Waals surface area contributed by atoms with Crippen molar-refractivity contribution in [2.75, 3.05) is 27.2 Å². The maximum absolute atomic E-state index is 13.0. The molecule has 6 nitrogen and oxygen atoms in total. The number of aryl methyl sites for hydroxylation is 2. The van der Waals surface area contributed by atoms with Crippen molar-refractivity contribution in [3.05, 3.63) is 70.6 Å². The standard InChI is InChI=1S/C23H27N3O3/c1-15-6-7-16(2)18(14-15)21(27)19-20(17-8-10-24-11-9-17)26(23(29)22(19)28)13-5-12-25(3)4/h6-11,14,20,27H,5,12-13H2,1-4H3/t20-/m0/s1. The molecule has 2 aromatic rings. The molecule has 0 saturated carbocycles. The molecule has 1 fully saturated rings. The Morgan fingerprint density at radius 3 is 2.48 bits per heavy atom. The summed E-state index contributed by atoms with van der Waals surface area (Å²) in [6.45, 7) is 5.03. The number of likely N-dealkylation sites (tertiary alicyclic amines) is 1. The molecule has 1 aliphatic heterocycles. The molecule has 0 spiro atoms. The Morgan fingerprint density at radius 1 is 1.14 bits per heavy atom. The van der Waals surface area contributed by atoms with Crippen molar-refractivity contribution >= 4 is 17.4 Å². The fraction of sp³-hybridized carbons (Fsp3) is 0.348. The lowest BCUT2D eigenvalue weighted by atomic mass is 9.93. The van der Waals surface area contributed by atoms with Crippen LogP contribution in [-0.4, -0.2) is 58.8 Å². The fourth-order valence-electron chi connectivity index (χ4n) is 3.70. The number of ketones is 1. The Bertz CT molecular complexity index is 951. The number of benzene rings is 1. The SMILES string of the molecule is Cc1ccc(C)c(C(O)=C2C(=O)C(=O)N(CCCN(C)C)[C@H]2c2ccncc2)c1. The lowest BCUT2D eigenvalue weighted by Crippen LogP contribution is -2.32. The topological polar surface area (TPSA) is 73.7 Å². The minimum atomic E-state index is -0.643. The molecule has 3 rings (SSSR count). The van der Waals surface area contributed by atoms with Gasteiger partial charge in [-0.15, -0.1) is 0 Å². The molecule has 2 heterocycles. The summed E-state index contributed by atoms with van der Waals surface area (Å²) in [7, 11) is 3.93. The number of amides is 1. The van der Waals surface area contributed by atoms with Crippen molar-refractivity contribution in [1.82, 2.24) is 14.8 Å². The number of pyridine rings is 1. The molecule has 1 atom stereocenters. The number of aliphatic hydroxyl groups excluding tert-OH is 1. The molecule has 6 heteroatoms. The number of aliphatic hydroxyl groups is 1. The number of rotatable bonds is 6. The van der Waals surface area contributed by atoms with Crippen molar-refractivity contribution in [2.45, 2.75) is 26.3 Å². The first-order chi connectivity index (χ1) is 13.8. The normalized spacial score (nSPS) is 18.7. The van der Waals surface area contributed by atoms with Gasteiger partial charge in [-0.05, 0) is 70.2 Å². The Morgan fingerprint density at radius 2 is 1.83 bits per heavy atom. The molecular weight excluding hydrogens is 366 g/mol. The molecule has 1 saturated heterocycles. The lowest BCUT2D eigenvalue weighted by molar-refractivity contribution is -0.139. The van der Waals surface area contributed by atoms with Crippen molar-refractivity contribution < 1.29 is 14.7 Å². The van der Waals surface area contributed by atoms with E-state index < -0.39 is 17.7 Å². The van der Waals surface area contributed by atoms with Crippen molar-refractivity contribution in [1.29, 1.82) is 0 Å². The van der Waals surface area contributed by atoms with E-state index in [0.29, 0.717) is 12.1 Å². The van der Waals surface area contributed by atoms with Gasteiger partial charge in [0.15, 0.2) is 0 Å². The van der Waals surface area contributed by atoms with E-state index in [4.69, 9.17) is 0 Å². The molecule has 1 N–H and O–H groups in total. The van der Waals surface area contributed by atoms with Gasteiger partial charge < -0.3 is 14.9 Å². The third-order valence-corrected chi connectivity index (χ3v) is 5.21. The first-order valence-corrected chi connectivity index (χ1v) is 9.72. The number of carbonyl (C=O) groups is 2. The van der Waals surface area contributed by atoms with Gasteiger partial charge in [-0.25, -0.2) is 0 Å². The van der Waals surface area contributed by atoms with Gasteiger partial charge in [0.25, 0.3) is 11.7 Å². The Hall–Kier alpha value is -2.99. The molecule has 152 valence electrons. The van der Waals surface area contributed by atoms with Gasteiger partial charge in [0.05, 0.1) is 11.6 Å². The number of hydrogen-bond acceptors (Lipinski definition) is 5. The van der Waals surface area contributed by atoms with E-state index in [1.54, 1.807) is 29.4 Å². The van der Waals surface area contributed by atoms with Gasteiger partial charge >= 0.3 is 0 Å². The summed E-state index contributed by atoms with van der Waals surface area (Å²) < 4.78 is 0. The van der Waals surface area contributed by atoms with Crippen LogP contribution in [0.3, 0.4) is 0 Å². The zero-order valence-electron chi connectivity index (χ0n) is 17.3. The highest BCUT2D eigenvalue weighted by atomic mass is 16.3. The highest BCUT2D eigenvalue weighted by molar-refractivity contribution is 6.46. The fourth-order valence-corrected chi connectivity index (χ4v) is 3.70. The highest BCUT2D eigenvalue weighted by Gasteiger charge is 2.45. The molecule has 0 aliphatic carbocycles. The average molecular weight is 393 g/mol. The molecule has 1 amide bonds. The number of nitrogens with zero attached hydrogens (tertiary/aromatic N) is 3. The van der Waals surface area contributed by atoms with Gasteiger partial charge in [-0.1, -0.05) is 17.7 Å². The predicted molar refractivity (Wildman–Crippen MR) is 112 cm³/mol. The van der Waals surface area contributed by atoms with Gasteiger partial charge in [0.2, 0.25) is 0 Å². The van der Waals surface area contributed by atoms with Crippen LogP contribution in [0.5, 0.6) is 0 Å². The Kier molecular flexibility index (Phi) is 6.13. The zero-order valence-corrected chi connectivity index (χ0v) is 17.3. The van der Waals surface area contributed by atoms with Crippen LogP contribution in [0.1, 0.15) is 34.7 Å². The minimum Gasteiger partial charge on any atom is -0.507 e. The largest absolute Gasteiger partial charge is 0.507 e. The molecule has 29 heavy (non-hydrogen) atoms. The predicted octanol–water partition coefficient (Wildman–Crippen LogP) is 3.07. The molecule has 0 radical (unpaired) electrons. The van der Waals surface area contributed by atoms with Crippen LogP contribution in [0.25, 0.3) is 5.76 Å². The summed E-state index contributed by atoms with van der Waals surface area (Å²) in [5, 5.41) is 11.1. The van der Waals surface area contributed by atoms with Gasteiger partial charge in [0, 0.05) is 24.5 Å². The van der Waals surface area contributed by atoms with Crippen LogP contribution in [0.2, 0.25) is 0 Å². The van der Waals surface area contributed by atoms with Crippen LogP contribution >= 0.6 is 0 Å². The van der Waals surface area contributed by atoms with Crippen LogP contribution in [0, 0.1) is 13.8 Å². The van der Waals surface area contributed by atoms with E-state index in [2.05, 4.69) is 4.98 Å². The van der Waals surface area contributed by atoms with Crippen LogP contribution in [-0.2, 0) is 9.59 Å². The lowest BCUT2D eigenvalue weighted by Gasteiger charge is -2.26. The van der Waals surface area contributed by atoms with E-state index in [1.165, 1.54) is 0 Å². The summed E-state index contributed by atoms with van der Waals surface area (Å²) in [4.78, 5) is 33.5. The second kappa shape index (κ2) is 8.57. The quantitative estimate of drug-likeness (QED) is 0.464. The van der Waals surface area contributed by atoms with E-state index in [9.17, 15) is 14.7 Å². The summed E-state index contributed by atoms with van der Waals surface area (Å²) >= 11 is 0. The Balaban J connectivity index is 2.12. The monoisotopic (exact) mass is 393 g/mol. The first kappa shape index (κ1) is 20.7.